The zero-order valence-corrected chi connectivity index (χ0v) is 17.5. The average molecular weight is 394 g/mol. The van der Waals surface area contributed by atoms with Crippen LogP contribution >= 0.6 is 0 Å². The van der Waals surface area contributed by atoms with E-state index in [2.05, 4.69) is 6.07 Å². The minimum absolute atomic E-state index is 0.118. The molecule has 1 heterocycles. The maximum Gasteiger partial charge on any atom is 0.314 e. The van der Waals surface area contributed by atoms with Gasteiger partial charge in [-0.25, -0.2) is 0 Å². The van der Waals surface area contributed by atoms with Gasteiger partial charge < -0.3 is 13.9 Å². The van der Waals surface area contributed by atoms with E-state index in [1.54, 1.807) is 18.2 Å². The number of carbonyl (C=O) groups excluding carboxylic acids is 1. The van der Waals surface area contributed by atoms with Crippen molar-refractivity contribution in [2.75, 3.05) is 0 Å². The van der Waals surface area contributed by atoms with Gasteiger partial charge in [0.25, 0.3) is 0 Å². The number of esters is 1. The average Bonchev–Trinajstić information content (AvgIpc) is 2.68. The Morgan fingerprint density at radius 3 is 2.45 bits per heavy atom. The number of rotatable bonds is 6. The molecule has 3 aromatic rings. The van der Waals surface area contributed by atoms with Gasteiger partial charge >= 0.3 is 5.97 Å². The normalized spacial score (nSPS) is 11.1. The largest absolute Gasteiger partial charge is 0.460 e. The van der Waals surface area contributed by atoms with Crippen molar-refractivity contribution in [3.05, 3.63) is 63.5 Å². The standard InChI is InChI=1S/C24H26O5/c1-6-17(7-2)24(26)28-18-8-9-19-21(12-18)27-13-22(23(19)25)29-20-11-14(3)10-15(4)16(20)5/h8-13,17H,6-7H2,1-5H3. The van der Waals surface area contributed by atoms with E-state index in [1.165, 1.54) is 6.26 Å². The van der Waals surface area contributed by atoms with E-state index < -0.39 is 0 Å². The Kier molecular flexibility index (Phi) is 6.06. The lowest BCUT2D eigenvalue weighted by atomic mass is 10.0. The lowest BCUT2D eigenvalue weighted by molar-refractivity contribution is -0.139. The molecule has 29 heavy (non-hydrogen) atoms. The van der Waals surface area contributed by atoms with Crippen LogP contribution in [0.4, 0.5) is 0 Å². The second kappa shape index (κ2) is 8.52. The van der Waals surface area contributed by atoms with Crippen molar-refractivity contribution in [2.45, 2.75) is 47.5 Å². The molecule has 0 N–H and O–H groups in total. The van der Waals surface area contributed by atoms with Crippen LogP contribution in [0.15, 0.2) is 45.8 Å². The molecule has 5 heteroatoms. The molecule has 0 saturated carbocycles. The fourth-order valence-electron chi connectivity index (χ4n) is 3.27. The Morgan fingerprint density at radius 2 is 1.76 bits per heavy atom. The first kappa shape index (κ1) is 20.6. The molecule has 0 spiro atoms. The summed E-state index contributed by atoms with van der Waals surface area (Å²) in [5, 5.41) is 0.367. The van der Waals surface area contributed by atoms with Crippen molar-refractivity contribution in [1.82, 2.24) is 0 Å². The number of aryl methyl sites for hydroxylation is 2. The van der Waals surface area contributed by atoms with Crippen molar-refractivity contribution in [3.63, 3.8) is 0 Å². The van der Waals surface area contributed by atoms with Crippen LogP contribution in [0.5, 0.6) is 17.2 Å². The number of ether oxygens (including phenoxy) is 2. The number of fused-ring (bicyclic) bond motifs is 1. The molecular weight excluding hydrogens is 368 g/mol. The molecule has 152 valence electrons. The lowest BCUT2D eigenvalue weighted by Crippen LogP contribution is -2.19. The Hall–Kier alpha value is -3.08. The van der Waals surface area contributed by atoms with Crippen LogP contribution in [-0.2, 0) is 4.79 Å². The van der Waals surface area contributed by atoms with Gasteiger partial charge in [-0.05, 0) is 68.5 Å². The van der Waals surface area contributed by atoms with E-state index in [-0.39, 0.29) is 23.1 Å². The van der Waals surface area contributed by atoms with Gasteiger partial charge in [0.2, 0.25) is 11.2 Å². The van der Waals surface area contributed by atoms with Crippen LogP contribution in [0.3, 0.4) is 0 Å². The van der Waals surface area contributed by atoms with Gasteiger partial charge in [0.15, 0.2) is 0 Å². The Balaban J connectivity index is 1.91. The summed E-state index contributed by atoms with van der Waals surface area (Å²) in [4.78, 5) is 25.0. The SMILES string of the molecule is CCC(CC)C(=O)Oc1ccc2c(=O)c(Oc3cc(C)cc(C)c3C)coc2c1. The fraction of sp³-hybridized carbons (Fsp3) is 0.333. The van der Waals surface area contributed by atoms with Crippen molar-refractivity contribution < 1.29 is 18.7 Å². The zero-order chi connectivity index (χ0) is 21.1. The fourth-order valence-corrected chi connectivity index (χ4v) is 3.27. The van der Waals surface area contributed by atoms with Gasteiger partial charge in [0, 0.05) is 6.07 Å². The molecule has 0 radical (unpaired) electrons. The van der Waals surface area contributed by atoms with Gasteiger partial charge in [-0.15, -0.1) is 0 Å². The maximum atomic E-state index is 12.9. The molecule has 0 saturated heterocycles. The van der Waals surface area contributed by atoms with E-state index in [1.807, 2.05) is 40.7 Å². The Bertz CT molecular complexity index is 1110. The van der Waals surface area contributed by atoms with Crippen molar-refractivity contribution in [2.24, 2.45) is 5.92 Å². The highest BCUT2D eigenvalue weighted by atomic mass is 16.5. The molecule has 0 atom stereocenters. The maximum absolute atomic E-state index is 12.9. The van der Waals surface area contributed by atoms with E-state index in [0.29, 0.717) is 22.5 Å². The quantitative estimate of drug-likeness (QED) is 0.387. The highest BCUT2D eigenvalue weighted by molar-refractivity contribution is 5.81. The molecule has 1 aromatic heterocycles. The van der Waals surface area contributed by atoms with Crippen LogP contribution < -0.4 is 14.9 Å². The molecule has 0 aliphatic carbocycles. The van der Waals surface area contributed by atoms with Crippen molar-refractivity contribution in [1.29, 1.82) is 0 Å². The molecule has 3 rings (SSSR count). The van der Waals surface area contributed by atoms with Gasteiger partial charge in [0.05, 0.1) is 11.3 Å². The second-order valence-electron chi connectivity index (χ2n) is 7.33. The van der Waals surface area contributed by atoms with E-state index in [0.717, 1.165) is 29.5 Å². The summed E-state index contributed by atoms with van der Waals surface area (Å²) < 4.78 is 16.9. The minimum Gasteiger partial charge on any atom is -0.460 e. The molecular formula is C24H26O5. The zero-order valence-electron chi connectivity index (χ0n) is 17.5. The monoisotopic (exact) mass is 394 g/mol. The van der Waals surface area contributed by atoms with Gasteiger partial charge in [0.1, 0.15) is 23.3 Å². The van der Waals surface area contributed by atoms with Crippen LogP contribution in [0, 0.1) is 26.7 Å². The highest BCUT2D eigenvalue weighted by Crippen LogP contribution is 2.29. The summed E-state index contributed by atoms with van der Waals surface area (Å²) in [7, 11) is 0. The topological polar surface area (TPSA) is 65.7 Å². The predicted octanol–water partition coefficient (Wildman–Crippen LogP) is 5.85. The Morgan fingerprint density at radius 1 is 1.03 bits per heavy atom. The van der Waals surface area contributed by atoms with Gasteiger partial charge in [-0.1, -0.05) is 19.9 Å². The van der Waals surface area contributed by atoms with Gasteiger partial charge in [-0.2, -0.15) is 0 Å². The first-order valence-electron chi connectivity index (χ1n) is 9.87. The molecule has 2 aromatic carbocycles. The third-order valence-electron chi connectivity index (χ3n) is 5.24. The number of hydrogen-bond donors (Lipinski definition) is 0. The number of carbonyl (C=O) groups is 1. The summed E-state index contributed by atoms with van der Waals surface area (Å²) in [5.41, 5.74) is 3.18. The van der Waals surface area contributed by atoms with Gasteiger partial charge in [-0.3, -0.25) is 9.59 Å². The summed E-state index contributed by atoms with van der Waals surface area (Å²) >= 11 is 0. The molecule has 0 unspecified atom stereocenters. The summed E-state index contributed by atoms with van der Waals surface area (Å²) in [6.07, 6.45) is 2.74. The molecule has 0 aliphatic heterocycles. The van der Waals surface area contributed by atoms with Crippen LogP contribution in [0.2, 0.25) is 0 Å². The third kappa shape index (κ3) is 4.34. The molecule has 0 amide bonds. The highest BCUT2D eigenvalue weighted by Gasteiger charge is 2.18. The van der Waals surface area contributed by atoms with Crippen molar-refractivity contribution in [3.8, 4) is 17.2 Å². The third-order valence-corrected chi connectivity index (χ3v) is 5.24. The second-order valence-corrected chi connectivity index (χ2v) is 7.33. The smallest absolute Gasteiger partial charge is 0.314 e. The van der Waals surface area contributed by atoms with Crippen LogP contribution in [0.1, 0.15) is 43.4 Å². The summed E-state index contributed by atoms with van der Waals surface area (Å²) in [6.45, 7) is 9.84. The Labute approximate surface area is 170 Å². The van der Waals surface area contributed by atoms with Crippen LogP contribution in [0.25, 0.3) is 11.0 Å². The number of hydrogen-bond acceptors (Lipinski definition) is 5. The molecule has 0 aliphatic rings. The molecule has 0 fully saturated rings. The first-order chi connectivity index (χ1) is 13.8. The van der Waals surface area contributed by atoms with E-state index in [4.69, 9.17) is 13.9 Å². The molecule has 5 nitrogen and oxygen atoms in total. The minimum atomic E-state index is -0.276. The van der Waals surface area contributed by atoms with E-state index in [9.17, 15) is 9.59 Å². The summed E-state index contributed by atoms with van der Waals surface area (Å²) in [5.74, 6) is 0.685. The number of benzene rings is 2. The van der Waals surface area contributed by atoms with Crippen molar-refractivity contribution >= 4 is 16.9 Å². The van der Waals surface area contributed by atoms with Crippen LogP contribution in [-0.4, -0.2) is 5.97 Å². The first-order valence-corrected chi connectivity index (χ1v) is 9.87. The lowest BCUT2D eigenvalue weighted by Gasteiger charge is -2.13. The van der Waals surface area contributed by atoms with E-state index >= 15 is 0 Å². The predicted molar refractivity (Wildman–Crippen MR) is 113 cm³/mol. The molecule has 0 bridgehead atoms. The summed E-state index contributed by atoms with van der Waals surface area (Å²) in [6, 6.07) is 8.72.